The van der Waals surface area contributed by atoms with Crippen LogP contribution in [0, 0.1) is 0 Å². The van der Waals surface area contributed by atoms with E-state index in [1.165, 1.54) is 0 Å². The summed E-state index contributed by atoms with van der Waals surface area (Å²) in [6, 6.07) is 6.75. The number of carbonyl (C=O) groups is 4. The molecule has 0 atom stereocenters. The summed E-state index contributed by atoms with van der Waals surface area (Å²) < 4.78 is 0.851. The van der Waals surface area contributed by atoms with Crippen molar-refractivity contribution in [3.05, 3.63) is 34.3 Å². The van der Waals surface area contributed by atoms with Gasteiger partial charge in [0.1, 0.15) is 0 Å². The first-order valence-electron chi connectivity index (χ1n) is 6.32. The van der Waals surface area contributed by atoms with Crippen molar-refractivity contribution in [1.82, 2.24) is 5.06 Å². The number of hydrogen-bond acceptors (Lipinski definition) is 5. The van der Waals surface area contributed by atoms with Gasteiger partial charge in [-0.05, 0) is 12.1 Å². The molecular weight excluding hydrogens is 342 g/mol. The number of carbonyl (C=O) groups excluding carboxylic acids is 4. The second kappa shape index (κ2) is 6.62. The summed E-state index contributed by atoms with van der Waals surface area (Å²) in [5.74, 6) is -2.05. The molecule has 0 aliphatic carbocycles. The quantitative estimate of drug-likeness (QED) is 0.597. The van der Waals surface area contributed by atoms with Gasteiger partial charge in [-0.15, -0.1) is 5.06 Å². The van der Waals surface area contributed by atoms with E-state index in [9.17, 15) is 19.2 Å². The van der Waals surface area contributed by atoms with Crippen molar-refractivity contribution in [2.24, 2.45) is 0 Å². The van der Waals surface area contributed by atoms with E-state index in [1.54, 1.807) is 24.3 Å². The highest BCUT2D eigenvalue weighted by Crippen LogP contribution is 2.15. The predicted octanol–water partition coefficient (Wildman–Crippen LogP) is 2.02. The molecule has 0 bridgehead atoms. The minimum absolute atomic E-state index is 0.0450. The molecule has 1 aliphatic heterocycles. The largest absolute Gasteiger partial charge is 0.333 e. The van der Waals surface area contributed by atoms with Crippen molar-refractivity contribution in [1.29, 1.82) is 0 Å². The highest BCUT2D eigenvalue weighted by atomic mass is 79.9. The molecular formula is C14H12BrNO5. The van der Waals surface area contributed by atoms with E-state index in [0.717, 1.165) is 4.47 Å². The predicted molar refractivity (Wildman–Crippen MR) is 74.9 cm³/mol. The molecule has 7 heteroatoms. The van der Waals surface area contributed by atoms with Crippen LogP contribution in [-0.2, 0) is 19.2 Å². The van der Waals surface area contributed by atoms with Gasteiger partial charge in [0.25, 0.3) is 11.8 Å². The molecule has 0 saturated carbocycles. The van der Waals surface area contributed by atoms with Gasteiger partial charge < -0.3 is 4.84 Å². The Bertz CT molecular complexity index is 580. The molecule has 6 nitrogen and oxygen atoms in total. The molecule has 2 rings (SSSR count). The highest BCUT2D eigenvalue weighted by Gasteiger charge is 2.32. The Kier molecular flexibility index (Phi) is 4.85. The maximum atomic E-state index is 11.9. The van der Waals surface area contributed by atoms with Gasteiger partial charge in [-0.3, -0.25) is 14.4 Å². The lowest BCUT2D eigenvalue weighted by molar-refractivity contribution is -0.197. The fourth-order valence-corrected chi connectivity index (χ4v) is 2.07. The number of imide groups is 1. The minimum atomic E-state index is -0.774. The number of nitrogens with zero attached hydrogens (tertiary/aromatic N) is 1. The van der Waals surface area contributed by atoms with Crippen LogP contribution in [0.5, 0.6) is 0 Å². The molecule has 110 valence electrons. The van der Waals surface area contributed by atoms with Crippen molar-refractivity contribution < 1.29 is 24.0 Å². The summed E-state index contributed by atoms with van der Waals surface area (Å²) in [6.07, 6.45) is -0.142. The molecule has 1 aromatic rings. The van der Waals surface area contributed by atoms with Crippen molar-refractivity contribution in [2.45, 2.75) is 25.7 Å². The lowest BCUT2D eigenvalue weighted by atomic mass is 10.1. The first kappa shape index (κ1) is 15.4. The van der Waals surface area contributed by atoms with E-state index in [0.29, 0.717) is 10.6 Å². The normalized spacial score (nSPS) is 14.4. The maximum absolute atomic E-state index is 11.9. The SMILES string of the molecule is O=C(CCC(=O)c1ccc(Br)cc1)ON1C(=O)CCC1=O. The van der Waals surface area contributed by atoms with Gasteiger partial charge in [0.05, 0.1) is 6.42 Å². The zero-order chi connectivity index (χ0) is 15.4. The number of hydroxylamine groups is 2. The molecule has 1 fully saturated rings. The molecule has 21 heavy (non-hydrogen) atoms. The maximum Gasteiger partial charge on any atom is 0.333 e. The van der Waals surface area contributed by atoms with Crippen molar-refractivity contribution in [2.75, 3.05) is 0 Å². The minimum Gasteiger partial charge on any atom is -0.330 e. The summed E-state index contributed by atoms with van der Waals surface area (Å²) in [5.41, 5.74) is 0.485. The number of benzene rings is 1. The Morgan fingerprint density at radius 1 is 1.05 bits per heavy atom. The summed E-state index contributed by atoms with van der Waals surface area (Å²) in [5, 5.41) is 0.479. The smallest absolute Gasteiger partial charge is 0.330 e. The van der Waals surface area contributed by atoms with Crippen LogP contribution < -0.4 is 0 Å². The Balaban J connectivity index is 1.83. The second-order valence-electron chi connectivity index (χ2n) is 4.48. The van der Waals surface area contributed by atoms with Crippen molar-refractivity contribution in [3.8, 4) is 0 Å². The fourth-order valence-electron chi connectivity index (χ4n) is 1.80. The molecule has 1 aliphatic rings. The average Bonchev–Trinajstić information content (AvgIpc) is 2.77. The number of halogens is 1. The third-order valence-electron chi connectivity index (χ3n) is 2.92. The van der Waals surface area contributed by atoms with E-state index in [2.05, 4.69) is 20.8 Å². The standard InChI is InChI=1S/C14H12BrNO5/c15-10-3-1-9(2-4-10)11(17)5-8-14(20)21-16-12(18)6-7-13(16)19/h1-4H,5-8H2. The number of Topliss-reactive ketones (excluding diaryl/α,β-unsaturated/α-hetero) is 1. The third-order valence-corrected chi connectivity index (χ3v) is 3.45. The summed E-state index contributed by atoms with van der Waals surface area (Å²) in [7, 11) is 0. The molecule has 0 N–H and O–H groups in total. The van der Waals surface area contributed by atoms with Gasteiger partial charge in [0.15, 0.2) is 5.78 Å². The van der Waals surface area contributed by atoms with Gasteiger partial charge in [-0.2, -0.15) is 0 Å². The Labute approximate surface area is 129 Å². The third kappa shape index (κ3) is 3.98. The number of ketones is 1. The zero-order valence-corrected chi connectivity index (χ0v) is 12.6. The number of rotatable bonds is 5. The average molecular weight is 354 g/mol. The fraction of sp³-hybridized carbons (Fsp3) is 0.286. The molecule has 2 amide bonds. The van der Waals surface area contributed by atoms with Crippen molar-refractivity contribution in [3.63, 3.8) is 0 Å². The first-order chi connectivity index (χ1) is 9.97. The molecule has 1 saturated heterocycles. The second-order valence-corrected chi connectivity index (χ2v) is 5.39. The molecule has 0 unspecified atom stereocenters. The lowest BCUT2D eigenvalue weighted by Crippen LogP contribution is -2.32. The van der Waals surface area contributed by atoms with Crippen LogP contribution >= 0.6 is 15.9 Å². The first-order valence-corrected chi connectivity index (χ1v) is 7.12. The van der Waals surface area contributed by atoms with Gasteiger partial charge in [-0.1, -0.05) is 28.1 Å². The van der Waals surface area contributed by atoms with E-state index in [1.807, 2.05) is 0 Å². The van der Waals surface area contributed by atoms with Crippen molar-refractivity contribution >= 4 is 39.5 Å². The molecule has 0 spiro atoms. The Morgan fingerprint density at radius 3 is 2.19 bits per heavy atom. The molecule has 0 aromatic heterocycles. The summed E-state index contributed by atoms with van der Waals surface area (Å²) in [6.45, 7) is 0. The topological polar surface area (TPSA) is 80.8 Å². The summed E-state index contributed by atoms with van der Waals surface area (Å²) in [4.78, 5) is 50.6. The van der Waals surface area contributed by atoms with E-state index in [-0.39, 0.29) is 31.5 Å². The Hall–Kier alpha value is -2.02. The molecule has 1 aromatic carbocycles. The van der Waals surface area contributed by atoms with Crippen LogP contribution in [0.3, 0.4) is 0 Å². The number of hydrogen-bond donors (Lipinski definition) is 0. The van der Waals surface area contributed by atoms with Crippen LogP contribution in [0.15, 0.2) is 28.7 Å². The molecule has 1 heterocycles. The molecule has 0 radical (unpaired) electrons. The number of amides is 2. The van der Waals surface area contributed by atoms with Crippen LogP contribution in [-0.4, -0.2) is 28.6 Å². The van der Waals surface area contributed by atoms with Crippen LogP contribution in [0.2, 0.25) is 0 Å². The van der Waals surface area contributed by atoms with E-state index >= 15 is 0 Å². The summed E-state index contributed by atoms with van der Waals surface area (Å²) >= 11 is 3.26. The van der Waals surface area contributed by atoms with Gasteiger partial charge in [0, 0.05) is 29.3 Å². The zero-order valence-electron chi connectivity index (χ0n) is 11.0. The van der Waals surface area contributed by atoms with Crippen LogP contribution in [0.25, 0.3) is 0 Å². The van der Waals surface area contributed by atoms with Gasteiger partial charge in [0.2, 0.25) is 0 Å². The monoisotopic (exact) mass is 353 g/mol. The Morgan fingerprint density at radius 2 is 1.62 bits per heavy atom. The van der Waals surface area contributed by atoms with E-state index in [4.69, 9.17) is 0 Å². The highest BCUT2D eigenvalue weighted by molar-refractivity contribution is 9.10. The van der Waals surface area contributed by atoms with Crippen LogP contribution in [0.4, 0.5) is 0 Å². The van der Waals surface area contributed by atoms with Crippen LogP contribution in [0.1, 0.15) is 36.0 Å². The van der Waals surface area contributed by atoms with Gasteiger partial charge >= 0.3 is 5.97 Å². The van der Waals surface area contributed by atoms with Gasteiger partial charge in [-0.25, -0.2) is 4.79 Å². The lowest BCUT2D eigenvalue weighted by Gasteiger charge is -2.12. The van der Waals surface area contributed by atoms with E-state index < -0.39 is 17.8 Å².